The van der Waals surface area contributed by atoms with Crippen LogP contribution in [-0.4, -0.2) is 96.0 Å². The Kier molecular flexibility index (Phi) is 13.7. The van der Waals surface area contributed by atoms with E-state index in [2.05, 4.69) is 5.32 Å². The molecular weight excluding hydrogens is 424 g/mol. The molecule has 0 aromatic carbocycles. The number of aliphatic hydroxyl groups is 1. The number of hydrogen-bond donors (Lipinski definition) is 1. The van der Waals surface area contributed by atoms with Gasteiger partial charge in [-0.2, -0.15) is 0 Å². The third-order valence-electron chi connectivity index (χ3n) is 3.06. The van der Waals surface area contributed by atoms with Crippen molar-refractivity contribution >= 4 is 15.7 Å². The van der Waals surface area contributed by atoms with E-state index in [1.54, 1.807) is 0 Å². The molecule has 0 bridgehead atoms. The maximum Gasteiger partial charge on any atom is 0.110 e. The minimum absolute atomic E-state index is 0. The van der Waals surface area contributed by atoms with Crippen molar-refractivity contribution in [2.24, 2.45) is 0 Å². The van der Waals surface area contributed by atoms with Crippen molar-refractivity contribution in [2.45, 2.75) is 24.2 Å². The second kappa shape index (κ2) is 12.5. The molecule has 21 heavy (non-hydrogen) atoms. The van der Waals surface area contributed by atoms with Crippen LogP contribution in [0.4, 0.5) is 0 Å². The molecule has 10 heteroatoms. The molecule has 2 aliphatic heterocycles. The molecule has 0 aliphatic carbocycles. The predicted molar refractivity (Wildman–Crippen MR) is 71.4 cm³/mol. The molecule has 4 unspecified atom stereocenters. The zero-order valence-corrected chi connectivity index (χ0v) is 17.8. The molecule has 2 heterocycles. The Hall–Kier alpha value is 2.10. The fraction of sp³-hybridized carbons (Fsp3) is 1.00. The third kappa shape index (κ3) is 8.66. The molecule has 1 N–H and O–H groups in total. The van der Waals surface area contributed by atoms with Crippen LogP contribution in [0, 0.1) is 0 Å². The predicted octanol–water partition coefficient (Wildman–Crippen LogP) is -1.59. The Labute approximate surface area is 179 Å². The van der Waals surface area contributed by atoms with Gasteiger partial charge in [0.15, 0.2) is 0 Å². The van der Waals surface area contributed by atoms with Crippen LogP contribution in [0.1, 0.15) is 0 Å². The fourth-order valence-corrected chi connectivity index (χ4v) is 2.24. The zero-order chi connectivity index (χ0) is 13.7. The Morgan fingerprint density at radius 3 is 2.48 bits per heavy atom. The molecule has 0 spiro atoms. The number of aliphatic hydroxyl groups excluding tert-OH is 1. The van der Waals surface area contributed by atoms with Gasteiger partial charge in [-0.3, -0.25) is 4.90 Å². The van der Waals surface area contributed by atoms with Gasteiger partial charge in [0.05, 0.1) is 32.2 Å². The Bertz CT molecular complexity index is 285. The summed E-state index contributed by atoms with van der Waals surface area (Å²) in [5, 5.41) is 13.3. The van der Waals surface area contributed by atoms with Crippen LogP contribution in [0.5, 0.6) is 0 Å². The monoisotopic (exact) mass is 443 g/mol. The summed E-state index contributed by atoms with van der Waals surface area (Å²) in [6, 6.07) is -0.707. The van der Waals surface area contributed by atoms with Crippen LogP contribution < -0.4 is 0 Å². The average molecular weight is 443 g/mol. The van der Waals surface area contributed by atoms with E-state index in [4.69, 9.17) is 35.0 Å². The smallest absolute Gasteiger partial charge is 0.110 e. The molecular formula is C11H19B2N2O4Y2-. The van der Waals surface area contributed by atoms with Crippen molar-refractivity contribution in [1.82, 2.24) is 4.90 Å². The van der Waals surface area contributed by atoms with Crippen molar-refractivity contribution in [3.05, 3.63) is 5.32 Å². The molecule has 0 aromatic rings. The summed E-state index contributed by atoms with van der Waals surface area (Å²) in [4.78, 5) is 2.01. The second-order valence-electron chi connectivity index (χ2n) is 4.90. The summed E-state index contributed by atoms with van der Waals surface area (Å²) in [6.45, 7) is 3.22. The normalized spacial score (nSPS) is 33.8. The Morgan fingerprint density at radius 1 is 1.10 bits per heavy atom. The first-order valence-electron chi connectivity index (χ1n) is 6.53. The van der Waals surface area contributed by atoms with Crippen molar-refractivity contribution in [3.8, 4) is 0 Å². The summed E-state index contributed by atoms with van der Waals surface area (Å²) in [5.41, 5.74) is 0. The standard InChI is InChI=1S/C11H19B2N2O4.2Y/c12-10-2-14-1-8(18-10)6-17-7-15-3-9(5-16)19-11(13)4-15;;/h8-11,16H,1-7H2;;/q-1;;. The maximum absolute atomic E-state index is 9.09. The first kappa shape index (κ1) is 23.1. The van der Waals surface area contributed by atoms with E-state index in [9.17, 15) is 0 Å². The summed E-state index contributed by atoms with van der Waals surface area (Å²) >= 11 is 0. The van der Waals surface area contributed by atoms with Crippen LogP contribution in [0.15, 0.2) is 0 Å². The molecule has 0 aromatic heterocycles. The van der Waals surface area contributed by atoms with Gasteiger partial charge in [-0.1, -0.05) is 0 Å². The van der Waals surface area contributed by atoms with Gasteiger partial charge in [0, 0.05) is 84.5 Å². The van der Waals surface area contributed by atoms with E-state index in [-0.39, 0.29) is 96.2 Å². The molecule has 6 nitrogen and oxygen atoms in total. The molecule has 4 atom stereocenters. The van der Waals surface area contributed by atoms with Crippen LogP contribution in [-0.2, 0) is 79.6 Å². The second-order valence-corrected chi connectivity index (χ2v) is 4.90. The first-order chi connectivity index (χ1) is 9.17. The van der Waals surface area contributed by atoms with Gasteiger partial charge in [-0.05, 0) is 6.00 Å². The topological polar surface area (TPSA) is 65.3 Å². The van der Waals surface area contributed by atoms with E-state index in [0.717, 1.165) is 0 Å². The van der Waals surface area contributed by atoms with E-state index < -0.39 is 0 Å². The maximum atomic E-state index is 9.09. The van der Waals surface area contributed by atoms with Crippen molar-refractivity contribution in [1.29, 1.82) is 0 Å². The number of hydrogen-bond acceptors (Lipinski definition) is 5. The molecule has 2 aliphatic rings. The van der Waals surface area contributed by atoms with Gasteiger partial charge in [0.25, 0.3) is 0 Å². The molecule has 2 fully saturated rings. The van der Waals surface area contributed by atoms with Crippen LogP contribution >= 0.6 is 0 Å². The third-order valence-corrected chi connectivity index (χ3v) is 3.06. The van der Waals surface area contributed by atoms with Crippen LogP contribution in [0.2, 0.25) is 0 Å². The molecule has 2 saturated heterocycles. The van der Waals surface area contributed by atoms with Gasteiger partial charge in [-0.15, -0.1) is 13.1 Å². The van der Waals surface area contributed by atoms with Gasteiger partial charge in [0.2, 0.25) is 0 Å². The van der Waals surface area contributed by atoms with E-state index in [1.807, 2.05) is 4.90 Å². The number of ether oxygens (including phenoxy) is 3. The Balaban J connectivity index is 0.00000200. The van der Waals surface area contributed by atoms with Crippen molar-refractivity contribution < 1.29 is 84.7 Å². The van der Waals surface area contributed by atoms with Gasteiger partial charge >= 0.3 is 0 Å². The van der Waals surface area contributed by atoms with Gasteiger partial charge < -0.3 is 24.6 Å². The minimum atomic E-state index is -0.385. The first-order valence-corrected chi connectivity index (χ1v) is 6.53. The SMILES string of the molecule is [B]C1C[N-]CC(COCN2CC([B])OC(CO)C2)O1.[Y].[Y]. The van der Waals surface area contributed by atoms with Crippen molar-refractivity contribution in [2.75, 3.05) is 46.1 Å². The van der Waals surface area contributed by atoms with E-state index in [0.29, 0.717) is 39.5 Å². The molecule has 0 amide bonds. The summed E-state index contributed by atoms with van der Waals surface area (Å²) in [6.07, 6.45) is -0.325. The molecule has 110 valence electrons. The summed E-state index contributed by atoms with van der Waals surface area (Å²) in [7, 11) is 11.4. The van der Waals surface area contributed by atoms with Crippen LogP contribution in [0.3, 0.4) is 0 Å². The summed E-state index contributed by atoms with van der Waals surface area (Å²) < 4.78 is 16.4. The fourth-order valence-electron chi connectivity index (χ4n) is 2.24. The number of nitrogens with zero attached hydrogens (tertiary/aromatic N) is 2. The molecule has 2 rings (SSSR count). The summed E-state index contributed by atoms with van der Waals surface area (Å²) in [5.74, 6) is 0. The zero-order valence-electron chi connectivity index (χ0n) is 12.1. The number of morpholine rings is 2. The quantitative estimate of drug-likeness (QED) is 0.520. The largest absolute Gasteiger partial charge is 0.659 e. The van der Waals surface area contributed by atoms with Gasteiger partial charge in [-0.25, -0.2) is 0 Å². The average Bonchev–Trinajstić information content (AvgIpc) is 2.38. The van der Waals surface area contributed by atoms with Crippen molar-refractivity contribution in [3.63, 3.8) is 0 Å². The molecule has 0 saturated carbocycles. The van der Waals surface area contributed by atoms with E-state index in [1.165, 1.54) is 0 Å². The van der Waals surface area contributed by atoms with E-state index >= 15 is 0 Å². The Morgan fingerprint density at radius 2 is 1.81 bits per heavy atom. The van der Waals surface area contributed by atoms with Gasteiger partial charge in [0.1, 0.15) is 15.7 Å². The minimum Gasteiger partial charge on any atom is -0.659 e. The number of rotatable bonds is 5. The molecule has 6 radical (unpaired) electrons. The van der Waals surface area contributed by atoms with Crippen LogP contribution in [0.25, 0.3) is 5.32 Å².